The van der Waals surface area contributed by atoms with E-state index in [2.05, 4.69) is 30.8 Å². The minimum atomic E-state index is -0.382. The molecule has 1 amide bonds. The smallest absolute Gasteiger partial charge is 0.239 e. The molecule has 2 heterocycles. The van der Waals surface area contributed by atoms with Crippen molar-refractivity contribution in [3.05, 3.63) is 16.9 Å². The zero-order chi connectivity index (χ0) is 15.2. The molecule has 1 saturated heterocycles. The third-order valence-electron chi connectivity index (χ3n) is 3.43. The summed E-state index contributed by atoms with van der Waals surface area (Å²) < 4.78 is 0.861. The van der Waals surface area contributed by atoms with Gasteiger partial charge in [-0.1, -0.05) is 0 Å². The summed E-state index contributed by atoms with van der Waals surface area (Å²) >= 11 is 5.04. The molecular weight excluding hydrogens is 354 g/mol. The van der Waals surface area contributed by atoms with Crippen LogP contribution in [-0.4, -0.2) is 65.0 Å². The van der Waals surface area contributed by atoms with Crippen LogP contribution < -0.4 is 10.6 Å². The van der Waals surface area contributed by atoms with Crippen molar-refractivity contribution in [1.29, 1.82) is 0 Å². The van der Waals surface area contributed by atoms with E-state index in [1.54, 1.807) is 24.2 Å². The van der Waals surface area contributed by atoms with Crippen LogP contribution in [0.5, 0.6) is 0 Å². The number of aromatic nitrogens is 2. The van der Waals surface area contributed by atoms with Gasteiger partial charge in [-0.05, 0) is 34.4 Å². The number of carbonyl (C=O) groups excluding carboxylic acids is 1. The molecule has 0 saturated carbocycles. The first kappa shape index (κ1) is 16.5. The molecule has 0 aliphatic carbocycles. The molecule has 2 rings (SSSR count). The van der Waals surface area contributed by atoms with Crippen LogP contribution in [0.2, 0.25) is 0 Å². The number of nitrogens with two attached hydrogens (primary N) is 1. The van der Waals surface area contributed by atoms with Gasteiger partial charge in [0, 0.05) is 38.6 Å². The Morgan fingerprint density at radius 3 is 2.57 bits per heavy atom. The fraction of sp³-hybridized carbons (Fsp3) is 0.615. The van der Waals surface area contributed by atoms with Crippen molar-refractivity contribution in [2.24, 2.45) is 5.73 Å². The third-order valence-corrected chi connectivity index (χ3v) is 4.48. The predicted molar refractivity (Wildman–Crippen MR) is 89.5 cm³/mol. The van der Waals surface area contributed by atoms with Crippen molar-refractivity contribution < 1.29 is 4.79 Å². The van der Waals surface area contributed by atoms with Crippen LogP contribution in [-0.2, 0) is 4.79 Å². The minimum Gasteiger partial charge on any atom is -0.338 e. The van der Waals surface area contributed by atoms with E-state index in [0.717, 1.165) is 29.7 Å². The molecule has 0 bridgehead atoms. The van der Waals surface area contributed by atoms with E-state index >= 15 is 0 Å². The van der Waals surface area contributed by atoms with Crippen molar-refractivity contribution in [3.8, 4) is 0 Å². The standard InChI is InChI=1S/C13H20BrN5OS/c1-21-7-2-11(15)12(20)18-3-5-19(6-4-18)13-16-8-10(14)9-17-13/h8-9,11H,2-7,15H2,1H3/t11-/m0/s1. The predicted octanol–water partition coefficient (Wildman–Crippen LogP) is 0.968. The third kappa shape index (κ3) is 4.55. The van der Waals surface area contributed by atoms with Gasteiger partial charge in [-0.3, -0.25) is 4.79 Å². The summed E-state index contributed by atoms with van der Waals surface area (Å²) in [6, 6.07) is -0.382. The van der Waals surface area contributed by atoms with Crippen LogP contribution in [0.25, 0.3) is 0 Å². The van der Waals surface area contributed by atoms with Crippen molar-refractivity contribution in [1.82, 2.24) is 14.9 Å². The van der Waals surface area contributed by atoms with Crippen LogP contribution in [0.4, 0.5) is 5.95 Å². The minimum absolute atomic E-state index is 0.0559. The summed E-state index contributed by atoms with van der Waals surface area (Å²) in [6.07, 6.45) is 6.22. The van der Waals surface area contributed by atoms with Crippen LogP contribution in [0.1, 0.15) is 6.42 Å². The Hall–Kier alpha value is -0.860. The van der Waals surface area contributed by atoms with Gasteiger partial charge in [-0.2, -0.15) is 11.8 Å². The van der Waals surface area contributed by atoms with Crippen molar-refractivity contribution in [2.75, 3.05) is 43.1 Å². The number of anilines is 1. The van der Waals surface area contributed by atoms with E-state index in [4.69, 9.17) is 5.73 Å². The Bertz CT molecular complexity index is 464. The first-order chi connectivity index (χ1) is 10.1. The van der Waals surface area contributed by atoms with Crippen LogP contribution >= 0.6 is 27.7 Å². The van der Waals surface area contributed by atoms with Gasteiger partial charge in [-0.25, -0.2) is 9.97 Å². The highest BCUT2D eigenvalue weighted by molar-refractivity contribution is 9.10. The average molecular weight is 374 g/mol. The van der Waals surface area contributed by atoms with Gasteiger partial charge in [0.1, 0.15) is 0 Å². The molecule has 2 N–H and O–H groups in total. The van der Waals surface area contributed by atoms with Gasteiger partial charge < -0.3 is 15.5 Å². The Labute approximate surface area is 137 Å². The van der Waals surface area contributed by atoms with E-state index in [1.807, 2.05) is 11.2 Å². The fourth-order valence-electron chi connectivity index (χ4n) is 2.20. The van der Waals surface area contributed by atoms with Gasteiger partial charge >= 0.3 is 0 Å². The first-order valence-electron chi connectivity index (χ1n) is 6.87. The molecule has 0 unspecified atom stereocenters. The van der Waals surface area contributed by atoms with E-state index in [1.165, 1.54) is 0 Å². The number of rotatable bonds is 5. The number of hydrogen-bond acceptors (Lipinski definition) is 6. The second-order valence-electron chi connectivity index (χ2n) is 4.90. The maximum absolute atomic E-state index is 12.2. The number of hydrogen-bond donors (Lipinski definition) is 1. The molecule has 0 radical (unpaired) electrons. The summed E-state index contributed by atoms with van der Waals surface area (Å²) in [5.41, 5.74) is 5.95. The number of nitrogens with zero attached hydrogens (tertiary/aromatic N) is 4. The van der Waals surface area contributed by atoms with Crippen molar-refractivity contribution in [2.45, 2.75) is 12.5 Å². The lowest BCUT2D eigenvalue weighted by molar-refractivity contribution is -0.132. The first-order valence-corrected chi connectivity index (χ1v) is 9.06. The van der Waals surface area contributed by atoms with Crippen LogP contribution in [0.15, 0.2) is 16.9 Å². The largest absolute Gasteiger partial charge is 0.338 e. The summed E-state index contributed by atoms with van der Waals surface area (Å²) in [5.74, 6) is 1.68. The number of thioether (sulfide) groups is 1. The van der Waals surface area contributed by atoms with Gasteiger partial charge in [0.05, 0.1) is 10.5 Å². The molecular formula is C13H20BrN5OS. The summed E-state index contributed by atoms with van der Waals surface area (Å²) in [4.78, 5) is 24.7. The highest BCUT2D eigenvalue weighted by Gasteiger charge is 2.25. The van der Waals surface area contributed by atoms with Gasteiger partial charge in [0.15, 0.2) is 0 Å². The number of halogens is 1. The SMILES string of the molecule is CSCC[C@H](N)C(=O)N1CCN(c2ncc(Br)cn2)CC1. The normalized spacial score (nSPS) is 16.9. The second-order valence-corrected chi connectivity index (χ2v) is 6.80. The Morgan fingerprint density at radius 2 is 2.00 bits per heavy atom. The van der Waals surface area contributed by atoms with Gasteiger partial charge in [-0.15, -0.1) is 0 Å². The van der Waals surface area contributed by atoms with Crippen LogP contribution in [0.3, 0.4) is 0 Å². The number of piperazine rings is 1. The molecule has 21 heavy (non-hydrogen) atoms. The molecule has 0 aromatic carbocycles. The van der Waals surface area contributed by atoms with Gasteiger partial charge in [0.25, 0.3) is 0 Å². The molecule has 1 aliphatic heterocycles. The van der Waals surface area contributed by atoms with Gasteiger partial charge in [0.2, 0.25) is 11.9 Å². The quantitative estimate of drug-likeness (QED) is 0.828. The highest BCUT2D eigenvalue weighted by Crippen LogP contribution is 2.14. The Morgan fingerprint density at radius 1 is 1.38 bits per heavy atom. The Kier molecular flexibility index (Phi) is 6.25. The number of carbonyl (C=O) groups is 1. The van der Waals surface area contributed by atoms with E-state index in [-0.39, 0.29) is 11.9 Å². The fourth-order valence-corrected chi connectivity index (χ4v) is 2.89. The summed E-state index contributed by atoms with van der Waals surface area (Å²) in [5, 5.41) is 0. The maximum atomic E-state index is 12.2. The van der Waals surface area contributed by atoms with Crippen molar-refractivity contribution >= 4 is 39.5 Å². The van der Waals surface area contributed by atoms with Crippen LogP contribution in [0, 0.1) is 0 Å². The molecule has 1 atom stereocenters. The number of amides is 1. The molecule has 6 nitrogen and oxygen atoms in total. The average Bonchev–Trinajstić information content (AvgIpc) is 2.53. The topological polar surface area (TPSA) is 75.4 Å². The van der Waals surface area contributed by atoms with E-state index in [9.17, 15) is 4.79 Å². The second kappa shape index (κ2) is 7.95. The molecule has 8 heteroatoms. The lowest BCUT2D eigenvalue weighted by Gasteiger charge is -2.35. The lowest BCUT2D eigenvalue weighted by atomic mass is 10.2. The van der Waals surface area contributed by atoms with E-state index < -0.39 is 0 Å². The zero-order valence-corrected chi connectivity index (χ0v) is 14.4. The summed E-state index contributed by atoms with van der Waals surface area (Å²) in [6.45, 7) is 2.82. The molecule has 1 aromatic rings. The Balaban J connectivity index is 1.85. The maximum Gasteiger partial charge on any atom is 0.239 e. The molecule has 116 valence electrons. The molecule has 1 aromatic heterocycles. The monoisotopic (exact) mass is 373 g/mol. The van der Waals surface area contributed by atoms with Crippen molar-refractivity contribution in [3.63, 3.8) is 0 Å². The molecule has 0 spiro atoms. The lowest BCUT2D eigenvalue weighted by Crippen LogP contribution is -2.53. The molecule has 1 aliphatic rings. The van der Waals surface area contributed by atoms with E-state index in [0.29, 0.717) is 19.0 Å². The summed E-state index contributed by atoms with van der Waals surface area (Å²) in [7, 11) is 0. The highest BCUT2D eigenvalue weighted by atomic mass is 79.9. The zero-order valence-electron chi connectivity index (χ0n) is 12.0. The molecule has 1 fully saturated rings.